The third kappa shape index (κ3) is 1.69. The maximum Gasteiger partial charge on any atom is 0.185 e. The van der Waals surface area contributed by atoms with Crippen LogP contribution in [-0.4, -0.2) is 22.2 Å². The first-order chi connectivity index (χ1) is 6.69. The fourth-order valence-corrected chi connectivity index (χ4v) is 2.19. The second-order valence-electron chi connectivity index (χ2n) is 3.31. The molecule has 0 amide bonds. The number of rotatable bonds is 3. The minimum Gasteiger partial charge on any atom is -0.394 e. The molecule has 2 rings (SSSR count). The molecule has 1 aliphatic rings. The molecule has 1 heterocycles. The van der Waals surface area contributed by atoms with Crippen LogP contribution >= 0.6 is 22.9 Å². The predicted molar refractivity (Wildman–Crippen MR) is 54.5 cm³/mol. The smallest absolute Gasteiger partial charge is 0.185 e. The molecule has 1 saturated carbocycles. The van der Waals surface area contributed by atoms with Gasteiger partial charge in [0, 0.05) is 0 Å². The summed E-state index contributed by atoms with van der Waals surface area (Å²) in [6, 6.07) is 1.96. The summed E-state index contributed by atoms with van der Waals surface area (Å²) in [6.45, 7) is 0.0894. The van der Waals surface area contributed by atoms with Crippen molar-refractivity contribution >= 4 is 28.1 Å². The quantitative estimate of drug-likeness (QED) is 0.826. The molecule has 0 unspecified atom stereocenters. The molecular formula is C8H8ClN3OS. The van der Waals surface area contributed by atoms with Crippen LogP contribution in [0.15, 0.2) is 0 Å². The second kappa shape index (κ2) is 3.39. The molecule has 0 bridgehead atoms. The van der Waals surface area contributed by atoms with Crippen molar-refractivity contribution in [2.75, 3.05) is 11.9 Å². The van der Waals surface area contributed by atoms with Gasteiger partial charge >= 0.3 is 0 Å². The van der Waals surface area contributed by atoms with Crippen LogP contribution in [0.3, 0.4) is 0 Å². The van der Waals surface area contributed by atoms with E-state index < -0.39 is 0 Å². The number of nitriles is 1. The van der Waals surface area contributed by atoms with E-state index in [-0.39, 0.29) is 17.3 Å². The summed E-state index contributed by atoms with van der Waals surface area (Å²) in [4.78, 5) is 4.40. The molecule has 74 valence electrons. The first-order valence-electron chi connectivity index (χ1n) is 4.14. The fraction of sp³-hybridized carbons (Fsp3) is 0.500. The van der Waals surface area contributed by atoms with Crippen molar-refractivity contribution in [2.24, 2.45) is 0 Å². The van der Waals surface area contributed by atoms with Crippen LogP contribution in [0.25, 0.3) is 0 Å². The molecule has 1 aromatic rings. The van der Waals surface area contributed by atoms with Crippen molar-refractivity contribution in [2.45, 2.75) is 18.4 Å². The van der Waals surface area contributed by atoms with Crippen LogP contribution in [-0.2, 0) is 0 Å². The second-order valence-corrected chi connectivity index (χ2v) is 4.67. The Bertz CT molecular complexity index is 394. The number of thiazole rings is 1. The molecule has 14 heavy (non-hydrogen) atoms. The van der Waals surface area contributed by atoms with E-state index in [0.717, 1.165) is 12.8 Å². The highest BCUT2D eigenvalue weighted by Crippen LogP contribution is 2.40. The third-order valence-electron chi connectivity index (χ3n) is 2.22. The van der Waals surface area contributed by atoms with Gasteiger partial charge < -0.3 is 10.4 Å². The van der Waals surface area contributed by atoms with Crippen LogP contribution in [0.1, 0.15) is 17.7 Å². The lowest BCUT2D eigenvalue weighted by Crippen LogP contribution is -2.25. The van der Waals surface area contributed by atoms with Gasteiger partial charge in [0.05, 0.1) is 12.1 Å². The summed E-state index contributed by atoms with van der Waals surface area (Å²) in [7, 11) is 0. The highest BCUT2D eigenvalue weighted by molar-refractivity contribution is 7.16. The van der Waals surface area contributed by atoms with Crippen molar-refractivity contribution < 1.29 is 5.11 Å². The van der Waals surface area contributed by atoms with E-state index in [2.05, 4.69) is 10.3 Å². The number of halogens is 1. The Labute approximate surface area is 90.2 Å². The van der Waals surface area contributed by atoms with Gasteiger partial charge in [0.25, 0.3) is 0 Å². The first kappa shape index (κ1) is 9.71. The molecule has 0 aromatic carbocycles. The van der Waals surface area contributed by atoms with Gasteiger partial charge in [-0.05, 0) is 12.8 Å². The van der Waals surface area contributed by atoms with E-state index in [1.807, 2.05) is 6.07 Å². The van der Waals surface area contributed by atoms with Gasteiger partial charge in [-0.15, -0.1) is 0 Å². The average molecular weight is 230 g/mol. The summed E-state index contributed by atoms with van der Waals surface area (Å²) < 4.78 is 0. The molecule has 1 fully saturated rings. The van der Waals surface area contributed by atoms with Crippen LogP contribution in [0.4, 0.5) is 5.13 Å². The summed E-state index contributed by atoms with van der Waals surface area (Å²) in [5.74, 6) is 0. The SMILES string of the molecule is N#Cc1sc(NC2(CO)CC2)nc1Cl. The number of nitrogens with zero attached hydrogens (tertiary/aromatic N) is 2. The summed E-state index contributed by atoms with van der Waals surface area (Å²) in [5.41, 5.74) is -0.214. The Hall–Kier alpha value is -0.830. The third-order valence-corrected chi connectivity index (χ3v) is 3.48. The van der Waals surface area contributed by atoms with Crippen molar-refractivity contribution in [3.05, 3.63) is 10.0 Å². The van der Waals surface area contributed by atoms with Gasteiger partial charge in [0.2, 0.25) is 0 Å². The van der Waals surface area contributed by atoms with Gasteiger partial charge in [-0.1, -0.05) is 22.9 Å². The van der Waals surface area contributed by atoms with Gasteiger partial charge in [-0.2, -0.15) is 5.26 Å². The molecular weight excluding hydrogens is 222 g/mol. The Morgan fingerprint density at radius 1 is 1.71 bits per heavy atom. The maximum atomic E-state index is 9.07. The zero-order valence-corrected chi connectivity index (χ0v) is 8.82. The molecule has 0 aliphatic heterocycles. The Morgan fingerprint density at radius 2 is 2.43 bits per heavy atom. The average Bonchev–Trinajstić information content (AvgIpc) is 2.85. The highest BCUT2D eigenvalue weighted by Gasteiger charge is 2.42. The Morgan fingerprint density at radius 3 is 2.86 bits per heavy atom. The molecule has 1 aliphatic carbocycles. The molecule has 0 atom stereocenters. The zero-order chi connectivity index (χ0) is 10.2. The summed E-state index contributed by atoms with van der Waals surface area (Å²) in [6.07, 6.45) is 1.87. The van der Waals surface area contributed by atoms with E-state index in [1.54, 1.807) is 0 Å². The number of aromatic nitrogens is 1. The van der Waals surface area contributed by atoms with Gasteiger partial charge in [-0.3, -0.25) is 0 Å². The monoisotopic (exact) mass is 229 g/mol. The summed E-state index contributed by atoms with van der Waals surface area (Å²) >= 11 is 6.93. The highest BCUT2D eigenvalue weighted by atomic mass is 35.5. The molecule has 2 N–H and O–H groups in total. The predicted octanol–water partition coefficient (Wildman–Crippen LogP) is 1.60. The molecule has 0 saturated heterocycles. The van der Waals surface area contributed by atoms with Crippen molar-refractivity contribution in [1.82, 2.24) is 4.98 Å². The minimum atomic E-state index is -0.214. The zero-order valence-electron chi connectivity index (χ0n) is 7.25. The lowest BCUT2D eigenvalue weighted by Gasteiger charge is -2.11. The fourth-order valence-electron chi connectivity index (χ4n) is 1.12. The van der Waals surface area contributed by atoms with Crippen LogP contribution in [0, 0.1) is 11.3 Å². The molecule has 0 radical (unpaired) electrons. The van der Waals surface area contributed by atoms with E-state index in [1.165, 1.54) is 11.3 Å². The van der Waals surface area contributed by atoms with E-state index in [0.29, 0.717) is 10.0 Å². The standard InChI is InChI=1S/C8H8ClN3OS/c9-6-5(3-10)14-7(11-6)12-8(4-13)1-2-8/h13H,1-2,4H2,(H,11,12). The first-order valence-corrected chi connectivity index (χ1v) is 5.34. The minimum absolute atomic E-state index is 0.0894. The molecule has 1 aromatic heterocycles. The lowest BCUT2D eigenvalue weighted by molar-refractivity contribution is 0.266. The van der Waals surface area contributed by atoms with Crippen LogP contribution in [0.5, 0.6) is 0 Å². The normalized spacial score (nSPS) is 17.5. The Kier molecular flexibility index (Phi) is 2.35. The number of aliphatic hydroxyl groups is 1. The van der Waals surface area contributed by atoms with Crippen molar-refractivity contribution in [3.63, 3.8) is 0 Å². The Balaban J connectivity index is 2.15. The molecule has 4 nitrogen and oxygen atoms in total. The van der Waals surface area contributed by atoms with E-state index >= 15 is 0 Å². The number of aliphatic hydroxyl groups excluding tert-OH is 1. The van der Waals surface area contributed by atoms with Gasteiger partial charge in [0.1, 0.15) is 10.9 Å². The van der Waals surface area contributed by atoms with Crippen LogP contribution < -0.4 is 5.32 Å². The number of nitrogens with one attached hydrogen (secondary N) is 1. The van der Waals surface area contributed by atoms with Crippen molar-refractivity contribution in [1.29, 1.82) is 5.26 Å². The van der Waals surface area contributed by atoms with Crippen LogP contribution in [0.2, 0.25) is 5.15 Å². The largest absolute Gasteiger partial charge is 0.394 e. The van der Waals surface area contributed by atoms with Gasteiger partial charge in [-0.25, -0.2) is 4.98 Å². The number of anilines is 1. The number of hydrogen-bond acceptors (Lipinski definition) is 5. The molecule has 0 spiro atoms. The lowest BCUT2D eigenvalue weighted by atomic mass is 10.3. The number of hydrogen-bond donors (Lipinski definition) is 2. The van der Waals surface area contributed by atoms with E-state index in [9.17, 15) is 0 Å². The maximum absolute atomic E-state index is 9.07. The van der Waals surface area contributed by atoms with Crippen molar-refractivity contribution in [3.8, 4) is 6.07 Å². The van der Waals surface area contributed by atoms with Gasteiger partial charge in [0.15, 0.2) is 10.3 Å². The topological polar surface area (TPSA) is 68.9 Å². The molecule has 6 heteroatoms. The van der Waals surface area contributed by atoms with E-state index in [4.69, 9.17) is 22.0 Å². The summed E-state index contributed by atoms with van der Waals surface area (Å²) in [5, 5.41) is 21.7.